The third-order valence-corrected chi connectivity index (χ3v) is 5.44. The first kappa shape index (κ1) is 19.5. The number of rotatable bonds is 6. The molecule has 0 aromatic heterocycles. The smallest absolute Gasteiger partial charge is 0.230 e. The number of nitrogens with one attached hydrogen (secondary N) is 1. The number of carbonyl (C=O) groups excluding carboxylic acids is 1. The summed E-state index contributed by atoms with van der Waals surface area (Å²) < 4.78 is 25.0. The predicted octanol–water partition coefficient (Wildman–Crippen LogP) is 4.49. The Bertz CT molecular complexity index is 825. The fourth-order valence-electron chi connectivity index (χ4n) is 3.19. The van der Waals surface area contributed by atoms with Gasteiger partial charge >= 0.3 is 0 Å². The highest BCUT2D eigenvalue weighted by atomic mass is 32.2. The molecule has 6 heteroatoms. The molecule has 1 aliphatic heterocycles. The van der Waals surface area contributed by atoms with Gasteiger partial charge in [-0.2, -0.15) is 0 Å². The van der Waals surface area contributed by atoms with E-state index in [-0.39, 0.29) is 29.1 Å². The molecular formula is C21H24FNO3S. The van der Waals surface area contributed by atoms with E-state index >= 15 is 0 Å². The second-order valence-electron chi connectivity index (χ2n) is 7.17. The minimum absolute atomic E-state index is 0.0761. The SMILES string of the molecule is COc1ccc2c(c1)[C@@H](NC(=O)CSCc1ccccc1F)CC(C)(C)O2. The number of amides is 1. The van der Waals surface area contributed by atoms with Crippen LogP contribution in [-0.2, 0) is 10.5 Å². The van der Waals surface area contributed by atoms with E-state index in [9.17, 15) is 9.18 Å². The van der Waals surface area contributed by atoms with Crippen molar-refractivity contribution in [2.75, 3.05) is 12.9 Å². The molecule has 0 saturated carbocycles. The number of fused-ring (bicyclic) bond motifs is 1. The maximum atomic E-state index is 13.7. The van der Waals surface area contributed by atoms with Crippen molar-refractivity contribution in [3.8, 4) is 11.5 Å². The molecular weight excluding hydrogens is 365 g/mol. The third-order valence-electron chi connectivity index (χ3n) is 4.46. The summed E-state index contributed by atoms with van der Waals surface area (Å²) in [5.74, 6) is 1.90. The van der Waals surface area contributed by atoms with Gasteiger partial charge in [0.2, 0.25) is 5.91 Å². The minimum atomic E-state index is -0.375. The van der Waals surface area contributed by atoms with Crippen LogP contribution in [0.5, 0.6) is 11.5 Å². The average Bonchev–Trinajstić information content (AvgIpc) is 2.62. The maximum absolute atomic E-state index is 13.7. The molecule has 2 aromatic carbocycles. The number of hydrogen-bond acceptors (Lipinski definition) is 4. The van der Waals surface area contributed by atoms with E-state index in [1.165, 1.54) is 17.8 Å². The quantitative estimate of drug-likeness (QED) is 0.791. The fourth-order valence-corrected chi connectivity index (χ4v) is 4.02. The first-order valence-electron chi connectivity index (χ1n) is 8.85. The van der Waals surface area contributed by atoms with Crippen LogP contribution in [0.2, 0.25) is 0 Å². The van der Waals surface area contributed by atoms with Crippen molar-refractivity contribution < 1.29 is 18.7 Å². The number of halogens is 1. The average molecular weight is 389 g/mol. The van der Waals surface area contributed by atoms with Crippen molar-refractivity contribution in [1.29, 1.82) is 0 Å². The molecule has 0 radical (unpaired) electrons. The standard InChI is InChI=1S/C21H24FNO3S/c1-21(2)11-18(16-10-15(25-3)8-9-19(16)26-21)23-20(24)13-27-12-14-6-4-5-7-17(14)22/h4-10,18H,11-13H2,1-3H3,(H,23,24)/t18-/m0/s1. The van der Waals surface area contributed by atoms with Crippen LogP contribution in [0.15, 0.2) is 42.5 Å². The molecule has 1 atom stereocenters. The Balaban J connectivity index is 1.64. The molecule has 0 fully saturated rings. The lowest BCUT2D eigenvalue weighted by atomic mass is 9.89. The van der Waals surface area contributed by atoms with Gasteiger partial charge in [0.1, 0.15) is 22.9 Å². The number of benzene rings is 2. The highest BCUT2D eigenvalue weighted by molar-refractivity contribution is 7.99. The number of thioether (sulfide) groups is 1. The Morgan fingerprint density at radius 3 is 2.85 bits per heavy atom. The lowest BCUT2D eigenvalue weighted by Gasteiger charge is -2.38. The molecule has 1 aliphatic rings. The first-order valence-corrected chi connectivity index (χ1v) is 10.0. The van der Waals surface area contributed by atoms with Crippen LogP contribution < -0.4 is 14.8 Å². The summed E-state index contributed by atoms with van der Waals surface area (Å²) in [7, 11) is 1.61. The highest BCUT2D eigenvalue weighted by Gasteiger charge is 2.34. The van der Waals surface area contributed by atoms with E-state index in [1.807, 2.05) is 32.0 Å². The Morgan fingerprint density at radius 1 is 1.33 bits per heavy atom. The summed E-state index contributed by atoms with van der Waals surface area (Å²) in [5, 5.41) is 3.09. The van der Waals surface area contributed by atoms with E-state index in [0.29, 0.717) is 17.7 Å². The maximum Gasteiger partial charge on any atom is 0.230 e. The highest BCUT2D eigenvalue weighted by Crippen LogP contribution is 2.41. The Hall–Kier alpha value is -2.21. The van der Waals surface area contributed by atoms with Crippen molar-refractivity contribution in [1.82, 2.24) is 5.32 Å². The first-order chi connectivity index (χ1) is 12.9. The molecule has 1 amide bonds. The second kappa shape index (κ2) is 8.21. The van der Waals surface area contributed by atoms with Gasteiger partial charge in [0.05, 0.1) is 18.9 Å². The fraction of sp³-hybridized carbons (Fsp3) is 0.381. The van der Waals surface area contributed by atoms with Gasteiger partial charge in [-0.15, -0.1) is 11.8 Å². The van der Waals surface area contributed by atoms with Crippen molar-refractivity contribution in [3.63, 3.8) is 0 Å². The van der Waals surface area contributed by atoms with Gasteiger partial charge < -0.3 is 14.8 Å². The monoisotopic (exact) mass is 389 g/mol. The van der Waals surface area contributed by atoms with E-state index < -0.39 is 0 Å². The van der Waals surface area contributed by atoms with E-state index in [4.69, 9.17) is 9.47 Å². The summed E-state index contributed by atoms with van der Waals surface area (Å²) >= 11 is 1.40. The Labute approximate surface area is 163 Å². The van der Waals surface area contributed by atoms with Crippen LogP contribution in [0.4, 0.5) is 4.39 Å². The van der Waals surface area contributed by atoms with Crippen LogP contribution in [0.3, 0.4) is 0 Å². The van der Waals surface area contributed by atoms with Gasteiger partial charge in [-0.05, 0) is 43.7 Å². The second-order valence-corrected chi connectivity index (χ2v) is 8.16. The van der Waals surface area contributed by atoms with Crippen molar-refractivity contribution in [3.05, 3.63) is 59.4 Å². The largest absolute Gasteiger partial charge is 0.497 e. The lowest BCUT2D eigenvalue weighted by molar-refractivity contribution is -0.119. The molecule has 3 rings (SSSR count). The summed E-state index contributed by atoms with van der Waals surface area (Å²) in [6.45, 7) is 4.01. The number of carbonyl (C=O) groups is 1. The van der Waals surface area contributed by atoms with Gasteiger partial charge in [0.25, 0.3) is 0 Å². The zero-order valence-corrected chi connectivity index (χ0v) is 16.6. The number of hydrogen-bond donors (Lipinski definition) is 1. The Kier molecular flexibility index (Phi) is 5.95. The molecule has 2 aromatic rings. The van der Waals surface area contributed by atoms with E-state index in [1.54, 1.807) is 25.3 Å². The van der Waals surface area contributed by atoms with Gasteiger partial charge in [-0.25, -0.2) is 4.39 Å². The normalized spacial score (nSPS) is 17.6. The lowest BCUT2D eigenvalue weighted by Crippen LogP contribution is -2.41. The number of methoxy groups -OCH3 is 1. The summed E-state index contributed by atoms with van der Waals surface area (Å²) in [6.07, 6.45) is 0.664. The Morgan fingerprint density at radius 2 is 2.11 bits per heavy atom. The molecule has 0 aliphatic carbocycles. The van der Waals surface area contributed by atoms with Crippen molar-refractivity contribution in [2.24, 2.45) is 0 Å². The van der Waals surface area contributed by atoms with E-state index in [2.05, 4.69) is 5.32 Å². The summed E-state index contributed by atoms with van der Waals surface area (Å²) in [6, 6.07) is 12.1. The zero-order chi connectivity index (χ0) is 19.4. The van der Waals surface area contributed by atoms with E-state index in [0.717, 1.165) is 17.1 Å². The van der Waals surface area contributed by atoms with Crippen LogP contribution in [0, 0.1) is 5.82 Å². The predicted molar refractivity (Wildman–Crippen MR) is 106 cm³/mol. The molecule has 0 saturated heterocycles. The molecule has 0 spiro atoms. The topological polar surface area (TPSA) is 47.6 Å². The minimum Gasteiger partial charge on any atom is -0.497 e. The molecule has 144 valence electrons. The van der Waals surface area contributed by atoms with Gasteiger partial charge in [-0.3, -0.25) is 4.79 Å². The van der Waals surface area contributed by atoms with Crippen LogP contribution in [-0.4, -0.2) is 24.4 Å². The molecule has 4 nitrogen and oxygen atoms in total. The van der Waals surface area contributed by atoms with Crippen molar-refractivity contribution in [2.45, 2.75) is 37.7 Å². The zero-order valence-electron chi connectivity index (χ0n) is 15.8. The molecule has 0 unspecified atom stereocenters. The van der Waals surface area contributed by atoms with Crippen LogP contribution in [0.25, 0.3) is 0 Å². The van der Waals surface area contributed by atoms with Gasteiger partial charge in [0, 0.05) is 17.7 Å². The van der Waals surface area contributed by atoms with Gasteiger partial charge in [0.15, 0.2) is 0 Å². The van der Waals surface area contributed by atoms with Crippen molar-refractivity contribution >= 4 is 17.7 Å². The van der Waals surface area contributed by atoms with Gasteiger partial charge in [-0.1, -0.05) is 18.2 Å². The summed E-state index contributed by atoms with van der Waals surface area (Å²) in [4.78, 5) is 12.5. The van der Waals surface area contributed by atoms with Crippen LogP contribution in [0.1, 0.15) is 37.4 Å². The third kappa shape index (κ3) is 4.95. The molecule has 27 heavy (non-hydrogen) atoms. The number of ether oxygens (including phenoxy) is 2. The molecule has 1 heterocycles. The molecule has 1 N–H and O–H groups in total. The van der Waals surface area contributed by atoms with Crippen LogP contribution >= 0.6 is 11.8 Å². The molecule has 0 bridgehead atoms. The summed E-state index contributed by atoms with van der Waals surface area (Å²) in [5.41, 5.74) is 1.15.